The number of para-hydroxylation sites is 2. The lowest BCUT2D eigenvalue weighted by molar-refractivity contribution is 0.327. The summed E-state index contributed by atoms with van der Waals surface area (Å²) in [6.45, 7) is 2.99. The summed E-state index contributed by atoms with van der Waals surface area (Å²) >= 11 is 0. The number of hydrogen-bond acceptors (Lipinski definition) is 3. The van der Waals surface area contributed by atoms with Crippen LogP contribution in [-0.2, 0) is 6.54 Å². The summed E-state index contributed by atoms with van der Waals surface area (Å²) in [7, 11) is 0. The minimum atomic E-state index is 0.324. The van der Waals surface area contributed by atoms with Gasteiger partial charge in [-0.1, -0.05) is 36.4 Å². The van der Waals surface area contributed by atoms with E-state index in [1.165, 1.54) is 16.3 Å². The molecule has 1 aliphatic rings. The van der Waals surface area contributed by atoms with Crippen LogP contribution in [-0.4, -0.2) is 24.0 Å². The van der Waals surface area contributed by atoms with Gasteiger partial charge < -0.3 is 10.2 Å². The molecule has 102 valence electrons. The number of furan rings is 1. The SMILES string of the molecule is N[C@@H]1CCN(Cc2cccc3c2oc2ccccc23)C1. The first-order chi connectivity index (χ1) is 9.81. The minimum absolute atomic E-state index is 0.324. The highest BCUT2D eigenvalue weighted by Gasteiger charge is 2.20. The molecule has 2 N–H and O–H groups in total. The van der Waals surface area contributed by atoms with Crippen LogP contribution in [0.25, 0.3) is 21.9 Å². The van der Waals surface area contributed by atoms with Gasteiger partial charge in [-0.05, 0) is 12.5 Å². The van der Waals surface area contributed by atoms with Gasteiger partial charge in [0.05, 0.1) is 0 Å². The van der Waals surface area contributed by atoms with E-state index in [1.54, 1.807) is 0 Å². The molecule has 4 rings (SSSR count). The molecule has 3 heteroatoms. The Morgan fingerprint density at radius 2 is 1.95 bits per heavy atom. The second-order valence-corrected chi connectivity index (χ2v) is 5.68. The molecule has 1 aliphatic heterocycles. The Balaban J connectivity index is 1.79. The maximum Gasteiger partial charge on any atom is 0.139 e. The molecular weight excluding hydrogens is 248 g/mol. The molecule has 0 bridgehead atoms. The number of nitrogens with zero attached hydrogens (tertiary/aromatic N) is 1. The van der Waals surface area contributed by atoms with Crippen molar-refractivity contribution in [3.05, 3.63) is 48.0 Å². The molecule has 0 radical (unpaired) electrons. The standard InChI is InChI=1S/C17H18N2O/c18-13-8-9-19(11-13)10-12-4-3-6-15-14-5-1-2-7-16(14)20-17(12)15/h1-7,13H,8-11,18H2/t13-/m1/s1. The predicted octanol–water partition coefficient (Wildman–Crippen LogP) is 3.12. The third-order valence-corrected chi connectivity index (χ3v) is 4.19. The topological polar surface area (TPSA) is 42.4 Å². The van der Waals surface area contributed by atoms with E-state index >= 15 is 0 Å². The molecule has 20 heavy (non-hydrogen) atoms. The summed E-state index contributed by atoms with van der Waals surface area (Å²) in [4.78, 5) is 2.41. The fourth-order valence-corrected chi connectivity index (χ4v) is 3.18. The van der Waals surface area contributed by atoms with Crippen molar-refractivity contribution in [2.45, 2.75) is 19.0 Å². The average Bonchev–Trinajstić information content (AvgIpc) is 3.03. The first kappa shape index (κ1) is 11.9. The summed E-state index contributed by atoms with van der Waals surface area (Å²) in [6.07, 6.45) is 1.09. The molecule has 2 heterocycles. The Bertz CT molecular complexity index is 762. The molecule has 1 fully saturated rings. The third-order valence-electron chi connectivity index (χ3n) is 4.19. The van der Waals surface area contributed by atoms with Crippen molar-refractivity contribution in [3.8, 4) is 0 Å². The van der Waals surface area contributed by atoms with Gasteiger partial charge in [0.25, 0.3) is 0 Å². The summed E-state index contributed by atoms with van der Waals surface area (Å²) in [6, 6.07) is 15.0. The van der Waals surface area contributed by atoms with Crippen molar-refractivity contribution in [1.82, 2.24) is 4.90 Å². The molecule has 0 saturated carbocycles. The molecule has 2 aromatic carbocycles. The summed E-state index contributed by atoms with van der Waals surface area (Å²) < 4.78 is 6.06. The van der Waals surface area contributed by atoms with Gasteiger partial charge in [0.1, 0.15) is 11.2 Å². The van der Waals surface area contributed by atoms with Gasteiger partial charge in [-0.25, -0.2) is 0 Å². The van der Waals surface area contributed by atoms with Gasteiger partial charge in [-0.2, -0.15) is 0 Å². The van der Waals surface area contributed by atoms with Crippen LogP contribution in [0.15, 0.2) is 46.9 Å². The van der Waals surface area contributed by atoms with Gasteiger partial charge in [0.15, 0.2) is 0 Å². The van der Waals surface area contributed by atoms with Gasteiger partial charge in [0, 0.05) is 42.0 Å². The van der Waals surface area contributed by atoms with Crippen molar-refractivity contribution in [2.75, 3.05) is 13.1 Å². The Morgan fingerprint density at radius 1 is 1.10 bits per heavy atom. The predicted molar refractivity (Wildman–Crippen MR) is 81.6 cm³/mol. The smallest absolute Gasteiger partial charge is 0.139 e. The average molecular weight is 266 g/mol. The first-order valence-corrected chi connectivity index (χ1v) is 7.18. The minimum Gasteiger partial charge on any atom is -0.456 e. The lowest BCUT2D eigenvalue weighted by Crippen LogP contribution is -2.26. The van der Waals surface area contributed by atoms with Crippen molar-refractivity contribution < 1.29 is 4.42 Å². The Morgan fingerprint density at radius 3 is 2.80 bits per heavy atom. The second kappa shape index (κ2) is 4.62. The number of rotatable bonds is 2. The van der Waals surface area contributed by atoms with Gasteiger partial charge in [0.2, 0.25) is 0 Å². The zero-order chi connectivity index (χ0) is 13.5. The van der Waals surface area contributed by atoms with Crippen molar-refractivity contribution >= 4 is 21.9 Å². The van der Waals surface area contributed by atoms with Crippen molar-refractivity contribution in [3.63, 3.8) is 0 Å². The number of nitrogens with two attached hydrogens (primary N) is 1. The lowest BCUT2D eigenvalue weighted by Gasteiger charge is -2.15. The monoisotopic (exact) mass is 266 g/mol. The Kier molecular flexibility index (Phi) is 2.76. The molecule has 0 spiro atoms. The fraction of sp³-hybridized carbons (Fsp3) is 0.294. The maximum absolute atomic E-state index is 6.06. The third kappa shape index (κ3) is 1.90. The Labute approximate surface area is 118 Å². The number of fused-ring (bicyclic) bond motifs is 3. The molecule has 0 amide bonds. The Hall–Kier alpha value is -1.84. The molecule has 1 aromatic heterocycles. The van der Waals surface area contributed by atoms with Crippen LogP contribution < -0.4 is 5.73 Å². The van der Waals surface area contributed by atoms with Crippen molar-refractivity contribution in [1.29, 1.82) is 0 Å². The van der Waals surface area contributed by atoms with Crippen LogP contribution in [0.2, 0.25) is 0 Å². The maximum atomic E-state index is 6.06. The number of likely N-dealkylation sites (tertiary alicyclic amines) is 1. The van der Waals surface area contributed by atoms with Gasteiger partial charge in [-0.15, -0.1) is 0 Å². The van der Waals surface area contributed by atoms with Gasteiger partial charge in [-0.3, -0.25) is 4.90 Å². The van der Waals surface area contributed by atoms with Crippen LogP contribution in [0.4, 0.5) is 0 Å². The molecule has 3 nitrogen and oxygen atoms in total. The molecule has 0 unspecified atom stereocenters. The largest absolute Gasteiger partial charge is 0.456 e. The zero-order valence-corrected chi connectivity index (χ0v) is 11.4. The zero-order valence-electron chi connectivity index (χ0n) is 11.4. The van der Waals surface area contributed by atoms with Crippen LogP contribution in [0, 0.1) is 0 Å². The number of hydrogen-bond donors (Lipinski definition) is 1. The normalized spacial score (nSPS) is 20.1. The molecule has 1 atom stereocenters. The molecular formula is C17H18N2O. The quantitative estimate of drug-likeness (QED) is 0.775. The second-order valence-electron chi connectivity index (χ2n) is 5.68. The number of benzene rings is 2. The lowest BCUT2D eigenvalue weighted by atomic mass is 10.1. The summed E-state index contributed by atoms with van der Waals surface area (Å²) in [5, 5.41) is 2.41. The van der Waals surface area contributed by atoms with E-state index in [0.717, 1.165) is 37.2 Å². The highest BCUT2D eigenvalue weighted by molar-refractivity contribution is 6.05. The van der Waals surface area contributed by atoms with E-state index in [1.807, 2.05) is 12.1 Å². The highest BCUT2D eigenvalue weighted by Crippen LogP contribution is 2.31. The van der Waals surface area contributed by atoms with E-state index in [9.17, 15) is 0 Å². The summed E-state index contributed by atoms with van der Waals surface area (Å²) in [5.41, 5.74) is 9.23. The van der Waals surface area contributed by atoms with Crippen molar-refractivity contribution in [2.24, 2.45) is 5.73 Å². The molecule has 0 aliphatic carbocycles. The molecule has 3 aromatic rings. The highest BCUT2D eigenvalue weighted by atomic mass is 16.3. The van der Waals surface area contributed by atoms with E-state index in [2.05, 4.69) is 35.2 Å². The molecule has 1 saturated heterocycles. The van der Waals surface area contributed by atoms with Crippen LogP contribution >= 0.6 is 0 Å². The fourth-order valence-electron chi connectivity index (χ4n) is 3.18. The van der Waals surface area contributed by atoms with E-state index in [4.69, 9.17) is 10.2 Å². The summed E-state index contributed by atoms with van der Waals surface area (Å²) in [5.74, 6) is 0. The van der Waals surface area contributed by atoms with E-state index in [-0.39, 0.29) is 0 Å². The van der Waals surface area contributed by atoms with Crippen LogP contribution in [0.1, 0.15) is 12.0 Å². The van der Waals surface area contributed by atoms with Crippen LogP contribution in [0.3, 0.4) is 0 Å². The first-order valence-electron chi connectivity index (χ1n) is 7.18. The van der Waals surface area contributed by atoms with E-state index < -0.39 is 0 Å². The van der Waals surface area contributed by atoms with Crippen LogP contribution in [0.5, 0.6) is 0 Å². The van der Waals surface area contributed by atoms with Gasteiger partial charge >= 0.3 is 0 Å². The van der Waals surface area contributed by atoms with E-state index in [0.29, 0.717) is 6.04 Å².